The normalized spacial score (nSPS) is 14.3. The van der Waals surface area contributed by atoms with Gasteiger partial charge in [0, 0.05) is 23.5 Å². The summed E-state index contributed by atoms with van der Waals surface area (Å²) in [6.07, 6.45) is 0.925. The Labute approximate surface area is 109 Å². The molecule has 4 N–H and O–H groups in total. The molecule has 0 aromatic heterocycles. The van der Waals surface area contributed by atoms with Crippen molar-refractivity contribution < 1.29 is 9.84 Å². The Kier molecular flexibility index (Phi) is 4.84. The van der Waals surface area contributed by atoms with Crippen molar-refractivity contribution in [2.45, 2.75) is 45.8 Å². The molecule has 0 radical (unpaired) electrons. The van der Waals surface area contributed by atoms with Crippen LogP contribution in [0.25, 0.3) is 0 Å². The first-order chi connectivity index (χ1) is 8.38. The zero-order chi connectivity index (χ0) is 13.8. The van der Waals surface area contributed by atoms with Crippen LogP contribution >= 0.6 is 0 Å². The summed E-state index contributed by atoms with van der Waals surface area (Å²) in [5.41, 5.74) is 7.02. The molecule has 1 aromatic rings. The van der Waals surface area contributed by atoms with Crippen molar-refractivity contribution in [3.63, 3.8) is 0 Å². The number of benzene rings is 1. The molecule has 0 saturated heterocycles. The van der Waals surface area contributed by atoms with Crippen molar-refractivity contribution in [1.82, 2.24) is 0 Å². The van der Waals surface area contributed by atoms with Gasteiger partial charge >= 0.3 is 0 Å². The van der Waals surface area contributed by atoms with Gasteiger partial charge in [0.25, 0.3) is 0 Å². The number of aliphatic hydroxyl groups is 1. The van der Waals surface area contributed by atoms with E-state index in [2.05, 4.69) is 5.32 Å². The van der Waals surface area contributed by atoms with E-state index < -0.39 is 0 Å². The molecule has 1 unspecified atom stereocenters. The second-order valence-electron chi connectivity index (χ2n) is 5.15. The van der Waals surface area contributed by atoms with E-state index in [4.69, 9.17) is 10.5 Å². The minimum atomic E-state index is -0.344. The summed E-state index contributed by atoms with van der Waals surface area (Å²) in [4.78, 5) is 0. The molecule has 0 saturated carbocycles. The van der Waals surface area contributed by atoms with Gasteiger partial charge in [-0.1, -0.05) is 6.92 Å². The second-order valence-corrected chi connectivity index (χ2v) is 5.15. The highest BCUT2D eigenvalue weighted by atomic mass is 16.5. The SMILES string of the molecule is CCC(C)(CO)Nc1cc(N)cc(OC(C)C)c1. The zero-order valence-electron chi connectivity index (χ0n) is 11.7. The lowest BCUT2D eigenvalue weighted by Gasteiger charge is -2.29. The van der Waals surface area contributed by atoms with Crippen LogP contribution in [0.5, 0.6) is 5.75 Å². The van der Waals surface area contributed by atoms with Crippen molar-refractivity contribution in [2.75, 3.05) is 17.7 Å². The van der Waals surface area contributed by atoms with Crippen LogP contribution in [0.15, 0.2) is 18.2 Å². The first-order valence-electron chi connectivity index (χ1n) is 6.35. The molecule has 0 heterocycles. The third-order valence-corrected chi connectivity index (χ3v) is 2.88. The van der Waals surface area contributed by atoms with Crippen LogP contribution in [0.1, 0.15) is 34.1 Å². The first kappa shape index (κ1) is 14.6. The van der Waals surface area contributed by atoms with Crippen LogP contribution in [0.4, 0.5) is 11.4 Å². The Morgan fingerprint density at radius 3 is 2.56 bits per heavy atom. The molecule has 0 aliphatic carbocycles. The smallest absolute Gasteiger partial charge is 0.123 e. The lowest BCUT2D eigenvalue weighted by Crippen LogP contribution is -2.37. The van der Waals surface area contributed by atoms with Gasteiger partial charge in [-0.2, -0.15) is 0 Å². The molecule has 0 amide bonds. The molecule has 1 atom stereocenters. The largest absolute Gasteiger partial charge is 0.491 e. The number of hydrogen-bond acceptors (Lipinski definition) is 4. The van der Waals surface area contributed by atoms with Gasteiger partial charge in [-0.05, 0) is 33.3 Å². The Balaban J connectivity index is 2.92. The van der Waals surface area contributed by atoms with Gasteiger partial charge in [-0.3, -0.25) is 0 Å². The standard InChI is InChI=1S/C14H24N2O2/c1-5-14(4,9-17)16-12-6-11(15)7-13(8-12)18-10(2)3/h6-8,10,16-17H,5,9,15H2,1-4H3. The van der Waals surface area contributed by atoms with Crippen molar-refractivity contribution in [1.29, 1.82) is 0 Å². The monoisotopic (exact) mass is 252 g/mol. The van der Waals surface area contributed by atoms with E-state index in [1.54, 1.807) is 6.07 Å². The molecule has 1 rings (SSSR count). The summed E-state index contributed by atoms with van der Waals surface area (Å²) in [5.74, 6) is 0.740. The average molecular weight is 252 g/mol. The lowest BCUT2D eigenvalue weighted by molar-refractivity contribution is 0.218. The maximum absolute atomic E-state index is 9.41. The van der Waals surface area contributed by atoms with Crippen molar-refractivity contribution >= 4 is 11.4 Å². The number of ether oxygens (including phenoxy) is 1. The van der Waals surface area contributed by atoms with E-state index in [0.29, 0.717) is 5.69 Å². The van der Waals surface area contributed by atoms with Crippen LogP contribution in [-0.2, 0) is 0 Å². The Morgan fingerprint density at radius 1 is 1.39 bits per heavy atom. The van der Waals surface area contributed by atoms with E-state index in [-0.39, 0.29) is 18.2 Å². The van der Waals surface area contributed by atoms with Crippen LogP contribution in [0.2, 0.25) is 0 Å². The van der Waals surface area contributed by atoms with E-state index >= 15 is 0 Å². The minimum absolute atomic E-state index is 0.0681. The highest BCUT2D eigenvalue weighted by molar-refractivity contribution is 5.60. The molecule has 0 aliphatic rings. The minimum Gasteiger partial charge on any atom is -0.491 e. The number of nitrogen functional groups attached to an aromatic ring is 1. The third kappa shape index (κ3) is 4.11. The fourth-order valence-electron chi connectivity index (χ4n) is 1.62. The van der Waals surface area contributed by atoms with Crippen LogP contribution < -0.4 is 15.8 Å². The average Bonchev–Trinajstić information content (AvgIpc) is 2.27. The van der Waals surface area contributed by atoms with Gasteiger partial charge in [0.2, 0.25) is 0 Å². The Bertz CT molecular complexity index is 387. The summed E-state index contributed by atoms with van der Waals surface area (Å²) < 4.78 is 5.63. The third-order valence-electron chi connectivity index (χ3n) is 2.88. The summed E-state index contributed by atoms with van der Waals surface area (Å²) in [6.45, 7) is 8.01. The van der Waals surface area contributed by atoms with E-state index in [1.807, 2.05) is 39.8 Å². The summed E-state index contributed by atoms with van der Waals surface area (Å²) >= 11 is 0. The Morgan fingerprint density at radius 2 is 2.06 bits per heavy atom. The van der Waals surface area contributed by atoms with Gasteiger partial charge in [0.1, 0.15) is 5.75 Å². The van der Waals surface area contributed by atoms with Gasteiger partial charge in [0.05, 0.1) is 18.2 Å². The highest BCUT2D eigenvalue weighted by Crippen LogP contribution is 2.26. The lowest BCUT2D eigenvalue weighted by atomic mass is 10.00. The van der Waals surface area contributed by atoms with Crippen molar-refractivity contribution in [3.8, 4) is 5.75 Å². The van der Waals surface area contributed by atoms with Crippen molar-refractivity contribution in [3.05, 3.63) is 18.2 Å². The number of aliphatic hydroxyl groups excluding tert-OH is 1. The molecular weight excluding hydrogens is 228 g/mol. The zero-order valence-corrected chi connectivity index (χ0v) is 11.7. The van der Waals surface area contributed by atoms with Crippen LogP contribution in [-0.4, -0.2) is 23.4 Å². The summed E-state index contributed by atoms with van der Waals surface area (Å²) in [5, 5.41) is 12.7. The number of anilines is 2. The second kappa shape index (κ2) is 5.96. The van der Waals surface area contributed by atoms with E-state index in [1.165, 1.54) is 0 Å². The molecule has 0 fully saturated rings. The quantitative estimate of drug-likeness (QED) is 0.681. The molecule has 1 aromatic carbocycles. The van der Waals surface area contributed by atoms with Gasteiger partial charge in [0.15, 0.2) is 0 Å². The number of nitrogens with two attached hydrogens (primary N) is 1. The van der Waals surface area contributed by atoms with Gasteiger partial charge < -0.3 is 20.9 Å². The van der Waals surface area contributed by atoms with Crippen LogP contribution in [0, 0.1) is 0 Å². The van der Waals surface area contributed by atoms with E-state index in [9.17, 15) is 5.11 Å². The fraction of sp³-hybridized carbons (Fsp3) is 0.571. The summed E-state index contributed by atoms with van der Waals surface area (Å²) in [6, 6.07) is 5.55. The molecule has 0 spiro atoms. The molecule has 4 nitrogen and oxygen atoms in total. The molecule has 18 heavy (non-hydrogen) atoms. The molecule has 0 aliphatic heterocycles. The van der Waals surface area contributed by atoms with Gasteiger partial charge in [-0.15, -0.1) is 0 Å². The predicted octanol–water partition coefficient (Wildman–Crippen LogP) is 2.63. The van der Waals surface area contributed by atoms with E-state index in [0.717, 1.165) is 17.9 Å². The topological polar surface area (TPSA) is 67.5 Å². The predicted molar refractivity (Wildman–Crippen MR) is 76.0 cm³/mol. The maximum Gasteiger partial charge on any atom is 0.123 e. The van der Waals surface area contributed by atoms with Crippen molar-refractivity contribution in [2.24, 2.45) is 0 Å². The molecule has 4 heteroatoms. The number of hydrogen-bond donors (Lipinski definition) is 3. The summed E-state index contributed by atoms with van der Waals surface area (Å²) in [7, 11) is 0. The Hall–Kier alpha value is -1.42. The first-order valence-corrected chi connectivity index (χ1v) is 6.35. The molecular formula is C14H24N2O2. The molecule has 0 bridgehead atoms. The number of nitrogens with one attached hydrogen (secondary N) is 1. The highest BCUT2D eigenvalue weighted by Gasteiger charge is 2.20. The maximum atomic E-state index is 9.41. The van der Waals surface area contributed by atoms with Gasteiger partial charge in [-0.25, -0.2) is 0 Å². The number of rotatable bonds is 6. The fourth-order valence-corrected chi connectivity index (χ4v) is 1.62. The van der Waals surface area contributed by atoms with Crippen LogP contribution in [0.3, 0.4) is 0 Å². The molecule has 102 valence electrons.